The van der Waals surface area contributed by atoms with Gasteiger partial charge in [0, 0.05) is 13.1 Å². The van der Waals surface area contributed by atoms with Crippen LogP contribution in [0.2, 0.25) is 0 Å². The van der Waals surface area contributed by atoms with E-state index in [4.69, 9.17) is 4.74 Å². The molecule has 0 amide bonds. The topological polar surface area (TPSA) is 44.7 Å². The number of aliphatic hydroxyl groups is 1. The average molecular weight is 174 g/mol. The maximum Gasteiger partial charge on any atom is 0.0791 e. The van der Waals surface area contributed by atoms with E-state index in [0.29, 0.717) is 19.1 Å². The molecule has 1 atom stereocenters. The quantitative estimate of drug-likeness (QED) is 0.555. The molecule has 1 heterocycles. The molecule has 2 N–H and O–H groups in total. The van der Waals surface area contributed by atoms with Crippen molar-refractivity contribution >= 4 is 0 Å². The van der Waals surface area contributed by atoms with Crippen molar-refractivity contribution in [1.29, 1.82) is 0 Å². The molecule has 0 radical (unpaired) electrons. The van der Waals surface area contributed by atoms with Gasteiger partial charge in [0.05, 0.1) is 25.4 Å². The molecule has 4 nitrogen and oxygen atoms in total. The molecule has 4 heteroatoms. The molecule has 0 aromatic heterocycles. The third-order valence-corrected chi connectivity index (χ3v) is 1.86. The predicted molar refractivity (Wildman–Crippen MR) is 47.2 cm³/mol. The molecule has 1 aliphatic heterocycles. The number of ether oxygens (including phenoxy) is 1. The summed E-state index contributed by atoms with van der Waals surface area (Å²) in [6.07, 6.45) is -0.277. The van der Waals surface area contributed by atoms with Crippen LogP contribution >= 0.6 is 0 Å². The number of rotatable bonds is 5. The van der Waals surface area contributed by atoms with Crippen LogP contribution in [0.25, 0.3) is 0 Å². The van der Waals surface area contributed by atoms with Crippen LogP contribution < -0.4 is 5.32 Å². The lowest BCUT2D eigenvalue weighted by molar-refractivity contribution is -0.0106. The van der Waals surface area contributed by atoms with Crippen LogP contribution in [-0.4, -0.2) is 62.6 Å². The summed E-state index contributed by atoms with van der Waals surface area (Å²) in [5.74, 6) is 0. The van der Waals surface area contributed by atoms with Crippen molar-refractivity contribution < 1.29 is 9.84 Å². The van der Waals surface area contributed by atoms with Crippen molar-refractivity contribution in [2.45, 2.75) is 12.1 Å². The van der Waals surface area contributed by atoms with E-state index in [-0.39, 0.29) is 6.10 Å². The number of hydrogen-bond donors (Lipinski definition) is 2. The smallest absolute Gasteiger partial charge is 0.0791 e. The first-order chi connectivity index (χ1) is 5.68. The minimum Gasteiger partial charge on any atom is -0.390 e. The van der Waals surface area contributed by atoms with Gasteiger partial charge in [-0.1, -0.05) is 0 Å². The second-order valence-corrected chi connectivity index (χ2v) is 3.56. The fraction of sp³-hybridized carbons (Fsp3) is 1.00. The van der Waals surface area contributed by atoms with Gasteiger partial charge >= 0.3 is 0 Å². The summed E-state index contributed by atoms with van der Waals surface area (Å²) in [5, 5.41) is 12.7. The number of hydrogen-bond acceptors (Lipinski definition) is 4. The molecule has 0 aliphatic carbocycles. The molecule has 1 fully saturated rings. The van der Waals surface area contributed by atoms with Crippen LogP contribution in [0.3, 0.4) is 0 Å². The second kappa shape index (κ2) is 4.77. The molecular weight excluding hydrogens is 156 g/mol. The number of nitrogens with zero attached hydrogens (tertiary/aromatic N) is 1. The molecule has 1 saturated heterocycles. The highest BCUT2D eigenvalue weighted by molar-refractivity contribution is 4.75. The van der Waals surface area contributed by atoms with Crippen LogP contribution in [0.5, 0.6) is 0 Å². The molecule has 0 bridgehead atoms. The first-order valence-corrected chi connectivity index (χ1v) is 4.32. The van der Waals surface area contributed by atoms with Crippen LogP contribution in [0, 0.1) is 0 Å². The number of likely N-dealkylation sites (N-methyl/N-ethyl adjacent to an activating group) is 1. The first-order valence-electron chi connectivity index (χ1n) is 4.32. The summed E-state index contributed by atoms with van der Waals surface area (Å²) in [4.78, 5) is 1.98. The van der Waals surface area contributed by atoms with Gasteiger partial charge in [0.1, 0.15) is 0 Å². The molecular formula is C8H18N2O2. The third kappa shape index (κ3) is 3.49. The maximum atomic E-state index is 9.44. The highest BCUT2D eigenvalue weighted by Gasteiger charge is 2.18. The monoisotopic (exact) mass is 174 g/mol. The highest BCUT2D eigenvalue weighted by Crippen LogP contribution is 1.99. The van der Waals surface area contributed by atoms with Gasteiger partial charge in [-0.15, -0.1) is 0 Å². The van der Waals surface area contributed by atoms with E-state index in [1.54, 1.807) is 0 Å². The van der Waals surface area contributed by atoms with Crippen molar-refractivity contribution in [1.82, 2.24) is 10.2 Å². The molecule has 0 saturated carbocycles. The van der Waals surface area contributed by atoms with Gasteiger partial charge in [0.2, 0.25) is 0 Å². The van der Waals surface area contributed by atoms with Crippen LogP contribution in [0.4, 0.5) is 0 Å². The second-order valence-electron chi connectivity index (χ2n) is 3.56. The van der Waals surface area contributed by atoms with Gasteiger partial charge < -0.3 is 20.1 Å². The van der Waals surface area contributed by atoms with Gasteiger partial charge in [0.15, 0.2) is 0 Å². The van der Waals surface area contributed by atoms with Gasteiger partial charge in [0.25, 0.3) is 0 Å². The van der Waals surface area contributed by atoms with E-state index in [2.05, 4.69) is 5.32 Å². The molecule has 12 heavy (non-hydrogen) atoms. The third-order valence-electron chi connectivity index (χ3n) is 1.86. The fourth-order valence-electron chi connectivity index (χ4n) is 1.14. The molecule has 72 valence electrons. The van der Waals surface area contributed by atoms with Gasteiger partial charge in [-0.2, -0.15) is 0 Å². The van der Waals surface area contributed by atoms with Gasteiger partial charge in [-0.05, 0) is 14.1 Å². The largest absolute Gasteiger partial charge is 0.390 e. The summed E-state index contributed by atoms with van der Waals surface area (Å²) < 4.78 is 4.99. The Morgan fingerprint density at radius 2 is 2.25 bits per heavy atom. The predicted octanol–water partition coefficient (Wildman–Crippen LogP) is -1.10. The molecule has 1 rings (SSSR count). The van der Waals surface area contributed by atoms with Gasteiger partial charge in [-0.3, -0.25) is 0 Å². The van der Waals surface area contributed by atoms with Crippen LogP contribution in [0.15, 0.2) is 0 Å². The van der Waals surface area contributed by atoms with E-state index in [9.17, 15) is 5.11 Å². The zero-order valence-corrected chi connectivity index (χ0v) is 7.79. The number of nitrogens with one attached hydrogen (secondary N) is 1. The van der Waals surface area contributed by atoms with Crippen molar-refractivity contribution in [2.24, 2.45) is 0 Å². The molecule has 1 aliphatic rings. The summed E-state index contributed by atoms with van der Waals surface area (Å²) in [7, 11) is 3.91. The normalized spacial score (nSPS) is 21.0. The Morgan fingerprint density at radius 1 is 1.58 bits per heavy atom. The Kier molecular flexibility index (Phi) is 3.94. The van der Waals surface area contributed by atoms with E-state index in [1.165, 1.54) is 0 Å². The highest BCUT2D eigenvalue weighted by atomic mass is 16.5. The SMILES string of the molecule is CN(C)CC(O)CNC1COC1. The molecule has 0 aromatic rings. The Hall–Kier alpha value is -0.160. The first kappa shape index (κ1) is 9.92. The lowest BCUT2D eigenvalue weighted by atomic mass is 10.2. The van der Waals surface area contributed by atoms with E-state index in [0.717, 1.165) is 13.2 Å². The van der Waals surface area contributed by atoms with Gasteiger partial charge in [-0.25, -0.2) is 0 Å². The molecule has 0 spiro atoms. The summed E-state index contributed by atoms with van der Waals surface area (Å²) in [5.41, 5.74) is 0. The van der Waals surface area contributed by atoms with Crippen molar-refractivity contribution in [3.63, 3.8) is 0 Å². The Labute approximate surface area is 73.5 Å². The fourth-order valence-corrected chi connectivity index (χ4v) is 1.14. The van der Waals surface area contributed by atoms with E-state index >= 15 is 0 Å². The lowest BCUT2D eigenvalue weighted by Gasteiger charge is -2.28. The average Bonchev–Trinajstić information content (AvgIpc) is 1.81. The zero-order valence-electron chi connectivity index (χ0n) is 7.79. The Morgan fingerprint density at radius 3 is 2.67 bits per heavy atom. The number of aliphatic hydroxyl groups excluding tert-OH is 1. The van der Waals surface area contributed by atoms with Crippen LogP contribution in [0.1, 0.15) is 0 Å². The van der Waals surface area contributed by atoms with E-state index < -0.39 is 0 Å². The minimum atomic E-state index is -0.277. The van der Waals surface area contributed by atoms with E-state index in [1.807, 2.05) is 19.0 Å². The van der Waals surface area contributed by atoms with Crippen molar-refractivity contribution in [3.8, 4) is 0 Å². The standard InChI is InChI=1S/C8H18N2O2/c1-10(2)4-8(11)3-9-7-5-12-6-7/h7-9,11H,3-6H2,1-2H3. The van der Waals surface area contributed by atoms with Crippen molar-refractivity contribution in [2.75, 3.05) is 40.4 Å². The maximum absolute atomic E-state index is 9.44. The molecule has 0 aromatic carbocycles. The summed E-state index contributed by atoms with van der Waals surface area (Å²) >= 11 is 0. The summed E-state index contributed by atoms with van der Waals surface area (Å²) in [6, 6.07) is 0.460. The Bertz CT molecular complexity index is 126. The summed E-state index contributed by atoms with van der Waals surface area (Å²) in [6.45, 7) is 2.94. The zero-order chi connectivity index (χ0) is 8.97. The Balaban J connectivity index is 1.97. The lowest BCUT2D eigenvalue weighted by Crippen LogP contribution is -2.49. The van der Waals surface area contributed by atoms with Crippen molar-refractivity contribution in [3.05, 3.63) is 0 Å². The molecule has 1 unspecified atom stereocenters. The minimum absolute atomic E-state index is 0.277. The van der Waals surface area contributed by atoms with Crippen LogP contribution in [-0.2, 0) is 4.74 Å².